The maximum absolute atomic E-state index is 12.6. The van der Waals surface area contributed by atoms with Crippen LogP contribution >= 0.6 is 22.6 Å². The molecule has 0 aromatic heterocycles. The molecule has 0 spiro atoms. The number of ketones is 1. The summed E-state index contributed by atoms with van der Waals surface area (Å²) in [4.78, 5) is 23.5. The first-order chi connectivity index (χ1) is 11.2. The number of amides is 1. The van der Waals surface area contributed by atoms with Crippen LogP contribution < -0.4 is 5.32 Å². The van der Waals surface area contributed by atoms with Crippen molar-refractivity contribution in [2.24, 2.45) is 0 Å². The highest BCUT2D eigenvalue weighted by molar-refractivity contribution is 14.1. The maximum Gasteiger partial charge on any atom is 0.416 e. The summed E-state index contributed by atoms with van der Waals surface area (Å²) in [6.07, 6.45) is -5.95. The Morgan fingerprint density at radius 2 is 1.54 bits per heavy atom. The third-order valence-electron chi connectivity index (χ3n) is 3.23. The Bertz CT molecular complexity index is 743. The number of carbonyl (C=O) groups is 2. The largest absolute Gasteiger partial charge is 0.465 e. The Kier molecular flexibility index (Phi) is 5.47. The van der Waals surface area contributed by atoms with Crippen molar-refractivity contribution in [3.05, 3.63) is 68.8 Å². The molecule has 4 nitrogen and oxygen atoms in total. The molecule has 8 heteroatoms. The molecular weight excluding hydrogens is 438 g/mol. The second-order valence-electron chi connectivity index (χ2n) is 4.87. The third kappa shape index (κ3) is 4.47. The van der Waals surface area contributed by atoms with E-state index in [-0.39, 0.29) is 11.1 Å². The molecule has 2 aromatic rings. The van der Waals surface area contributed by atoms with Crippen LogP contribution in [0.5, 0.6) is 0 Å². The lowest BCUT2D eigenvalue weighted by molar-refractivity contribution is -0.137. The Morgan fingerprint density at radius 3 is 2.00 bits per heavy atom. The van der Waals surface area contributed by atoms with Crippen molar-refractivity contribution in [3.63, 3.8) is 0 Å². The maximum atomic E-state index is 12.6. The summed E-state index contributed by atoms with van der Waals surface area (Å²) in [7, 11) is 0. The lowest BCUT2D eigenvalue weighted by Gasteiger charge is -2.17. The molecule has 0 aliphatic rings. The van der Waals surface area contributed by atoms with Crippen molar-refractivity contribution < 1.29 is 27.9 Å². The van der Waals surface area contributed by atoms with Crippen LogP contribution in [0.15, 0.2) is 48.5 Å². The van der Waals surface area contributed by atoms with Gasteiger partial charge in [0, 0.05) is 9.13 Å². The highest BCUT2D eigenvalue weighted by atomic mass is 127. The van der Waals surface area contributed by atoms with Gasteiger partial charge in [0.2, 0.25) is 0 Å². The molecular formula is C16H11F3INO3. The molecule has 1 unspecified atom stereocenters. The van der Waals surface area contributed by atoms with Gasteiger partial charge in [-0.25, -0.2) is 4.79 Å². The van der Waals surface area contributed by atoms with Gasteiger partial charge in [-0.05, 0) is 52.4 Å². The first-order valence-electron chi connectivity index (χ1n) is 6.65. The quantitative estimate of drug-likeness (QED) is 0.534. The van der Waals surface area contributed by atoms with E-state index in [1.807, 2.05) is 0 Å². The van der Waals surface area contributed by atoms with E-state index in [0.717, 1.165) is 27.8 Å². The van der Waals surface area contributed by atoms with Gasteiger partial charge in [0.25, 0.3) is 0 Å². The van der Waals surface area contributed by atoms with E-state index < -0.39 is 29.7 Å². The van der Waals surface area contributed by atoms with Crippen LogP contribution in [0.3, 0.4) is 0 Å². The molecule has 0 heterocycles. The van der Waals surface area contributed by atoms with Crippen molar-refractivity contribution in [2.45, 2.75) is 12.2 Å². The summed E-state index contributed by atoms with van der Waals surface area (Å²) in [6.45, 7) is 0. The SMILES string of the molecule is O=C(O)NC(C(=O)c1ccc(I)cc1)c1ccc(C(F)(F)F)cc1. The zero-order chi connectivity index (χ0) is 17.9. The van der Waals surface area contributed by atoms with Crippen LogP contribution in [0.4, 0.5) is 18.0 Å². The summed E-state index contributed by atoms with van der Waals surface area (Å²) < 4.78 is 38.7. The van der Waals surface area contributed by atoms with Crippen molar-refractivity contribution >= 4 is 34.5 Å². The molecule has 0 saturated heterocycles. The molecule has 0 saturated carbocycles. The molecule has 1 amide bonds. The topological polar surface area (TPSA) is 66.4 Å². The van der Waals surface area contributed by atoms with Crippen LogP contribution in [0.2, 0.25) is 0 Å². The van der Waals surface area contributed by atoms with Crippen LogP contribution in [-0.4, -0.2) is 17.0 Å². The predicted molar refractivity (Wildman–Crippen MR) is 88.8 cm³/mol. The van der Waals surface area contributed by atoms with Gasteiger partial charge in [-0.15, -0.1) is 0 Å². The van der Waals surface area contributed by atoms with Gasteiger partial charge in [0.1, 0.15) is 6.04 Å². The number of carboxylic acid groups (broad SMARTS) is 1. The van der Waals surface area contributed by atoms with E-state index in [9.17, 15) is 22.8 Å². The molecule has 0 aliphatic carbocycles. The standard InChI is InChI=1S/C16H11F3INO3/c17-16(18,19)11-5-1-9(2-6-11)13(21-15(23)24)14(22)10-3-7-12(20)8-4-10/h1-8,13,21H,(H,23,24). The Labute approximate surface area is 148 Å². The van der Waals surface area contributed by atoms with E-state index >= 15 is 0 Å². The first kappa shape index (κ1) is 18.2. The normalized spacial score (nSPS) is 12.5. The number of halogens is 4. The molecule has 0 fully saturated rings. The minimum absolute atomic E-state index is 0.133. The summed E-state index contributed by atoms with van der Waals surface area (Å²) >= 11 is 2.05. The average molecular weight is 449 g/mol. The lowest BCUT2D eigenvalue weighted by Crippen LogP contribution is -2.32. The van der Waals surface area contributed by atoms with Crippen LogP contribution in [0.25, 0.3) is 0 Å². The van der Waals surface area contributed by atoms with Crippen molar-refractivity contribution in [1.82, 2.24) is 5.32 Å². The fourth-order valence-corrected chi connectivity index (χ4v) is 2.43. The van der Waals surface area contributed by atoms with E-state index in [2.05, 4.69) is 27.9 Å². The molecule has 2 rings (SSSR count). The van der Waals surface area contributed by atoms with Gasteiger partial charge in [0.05, 0.1) is 5.56 Å². The van der Waals surface area contributed by atoms with Gasteiger partial charge in [-0.1, -0.05) is 24.3 Å². The molecule has 24 heavy (non-hydrogen) atoms. The molecule has 0 aliphatic heterocycles. The number of benzene rings is 2. The van der Waals surface area contributed by atoms with Crippen LogP contribution in [0, 0.1) is 3.57 Å². The highest BCUT2D eigenvalue weighted by Crippen LogP contribution is 2.30. The fraction of sp³-hybridized carbons (Fsp3) is 0.125. The minimum atomic E-state index is -4.51. The van der Waals surface area contributed by atoms with Crippen LogP contribution in [-0.2, 0) is 6.18 Å². The minimum Gasteiger partial charge on any atom is -0.465 e. The Hall–Kier alpha value is -2.10. The third-order valence-corrected chi connectivity index (χ3v) is 3.95. The average Bonchev–Trinajstić information content (AvgIpc) is 2.52. The smallest absolute Gasteiger partial charge is 0.416 e. The van der Waals surface area contributed by atoms with Crippen molar-refractivity contribution in [2.75, 3.05) is 0 Å². The van der Waals surface area contributed by atoms with Gasteiger partial charge in [-0.2, -0.15) is 13.2 Å². The Balaban J connectivity index is 2.36. The molecule has 0 bridgehead atoms. The zero-order valence-electron chi connectivity index (χ0n) is 12.0. The molecule has 1 atom stereocenters. The van der Waals surface area contributed by atoms with Gasteiger partial charge in [-0.3, -0.25) is 4.79 Å². The number of rotatable bonds is 4. The van der Waals surface area contributed by atoms with Crippen LogP contribution in [0.1, 0.15) is 27.5 Å². The highest BCUT2D eigenvalue weighted by Gasteiger charge is 2.31. The number of hydrogen-bond acceptors (Lipinski definition) is 2. The number of hydrogen-bond donors (Lipinski definition) is 2. The zero-order valence-corrected chi connectivity index (χ0v) is 14.1. The fourth-order valence-electron chi connectivity index (χ4n) is 2.07. The molecule has 2 N–H and O–H groups in total. The lowest BCUT2D eigenvalue weighted by atomic mass is 9.96. The van der Waals surface area contributed by atoms with Gasteiger partial charge >= 0.3 is 12.3 Å². The monoisotopic (exact) mass is 449 g/mol. The van der Waals surface area contributed by atoms with Gasteiger partial charge in [0.15, 0.2) is 5.78 Å². The summed E-state index contributed by atoms with van der Waals surface area (Å²) in [6, 6.07) is 8.94. The van der Waals surface area contributed by atoms with E-state index in [1.54, 1.807) is 12.1 Å². The summed E-state index contributed by atoms with van der Waals surface area (Å²) in [5.41, 5.74) is -0.481. The van der Waals surface area contributed by atoms with Crippen molar-refractivity contribution in [1.29, 1.82) is 0 Å². The van der Waals surface area contributed by atoms with Gasteiger partial charge < -0.3 is 10.4 Å². The molecule has 2 aromatic carbocycles. The summed E-state index contributed by atoms with van der Waals surface area (Å²) in [5.74, 6) is -0.548. The molecule has 0 radical (unpaired) electrons. The predicted octanol–water partition coefficient (Wildman–Crippen LogP) is 4.50. The second kappa shape index (κ2) is 7.20. The molecule has 126 valence electrons. The second-order valence-corrected chi connectivity index (χ2v) is 6.12. The number of nitrogens with one attached hydrogen (secondary N) is 1. The number of carbonyl (C=O) groups excluding carboxylic acids is 1. The van der Waals surface area contributed by atoms with Crippen molar-refractivity contribution in [3.8, 4) is 0 Å². The summed E-state index contributed by atoms with van der Waals surface area (Å²) in [5, 5.41) is 11.0. The first-order valence-corrected chi connectivity index (χ1v) is 7.73. The van der Waals surface area contributed by atoms with E-state index in [1.165, 1.54) is 12.1 Å². The van der Waals surface area contributed by atoms with E-state index in [0.29, 0.717) is 0 Å². The Morgan fingerprint density at radius 1 is 1.00 bits per heavy atom. The number of alkyl halides is 3. The van der Waals surface area contributed by atoms with E-state index in [4.69, 9.17) is 5.11 Å². The number of Topliss-reactive ketones (excluding diaryl/α,β-unsaturated/α-hetero) is 1.